The van der Waals surface area contributed by atoms with Crippen LogP contribution in [-0.4, -0.2) is 12.1 Å². The number of nitrogens with zero attached hydrogens (tertiary/aromatic N) is 1. The van der Waals surface area contributed by atoms with Gasteiger partial charge in [0.05, 0.1) is 6.21 Å². The number of furan rings is 2. The molecule has 0 saturated heterocycles. The topological polar surface area (TPSA) is 67.7 Å². The highest BCUT2D eigenvalue weighted by molar-refractivity contribution is 9.10. The lowest BCUT2D eigenvalue weighted by molar-refractivity contribution is 0.0929. The van der Waals surface area contributed by atoms with E-state index in [1.807, 2.05) is 43.3 Å². The van der Waals surface area contributed by atoms with Gasteiger partial charge in [0.2, 0.25) is 0 Å². The second kappa shape index (κ2) is 7.77. The number of amides is 1. The van der Waals surface area contributed by atoms with E-state index in [0.29, 0.717) is 17.1 Å². The molecule has 1 amide bonds. The fraction of sp³-hybridized carbons (Fsp3) is 0.0476. The van der Waals surface area contributed by atoms with Gasteiger partial charge in [0.15, 0.2) is 5.76 Å². The van der Waals surface area contributed by atoms with Crippen molar-refractivity contribution in [1.82, 2.24) is 5.43 Å². The smallest absolute Gasteiger partial charge is 0.307 e. The molecule has 0 aliphatic carbocycles. The van der Waals surface area contributed by atoms with E-state index >= 15 is 0 Å². The Hall–Kier alpha value is -2.64. The third-order valence-electron chi connectivity index (χ3n) is 4.08. The van der Waals surface area contributed by atoms with Crippen LogP contribution in [0.4, 0.5) is 0 Å². The summed E-state index contributed by atoms with van der Waals surface area (Å²) in [6, 6.07) is 16.9. The first kappa shape index (κ1) is 18.7. The van der Waals surface area contributed by atoms with E-state index in [0.717, 1.165) is 25.5 Å². The summed E-state index contributed by atoms with van der Waals surface area (Å²) in [5.74, 6) is 0.990. The number of nitrogens with one attached hydrogen (secondary N) is 1. The van der Waals surface area contributed by atoms with Crippen molar-refractivity contribution in [2.45, 2.75) is 6.92 Å². The van der Waals surface area contributed by atoms with Crippen molar-refractivity contribution in [2.75, 3.05) is 0 Å². The molecule has 0 radical (unpaired) electrons. The zero-order valence-corrected chi connectivity index (χ0v) is 17.9. The maximum Gasteiger partial charge on any atom is 0.307 e. The van der Waals surface area contributed by atoms with Gasteiger partial charge in [-0.25, -0.2) is 5.43 Å². The van der Waals surface area contributed by atoms with Crippen molar-refractivity contribution in [3.8, 4) is 11.3 Å². The Labute approximate surface area is 177 Å². The van der Waals surface area contributed by atoms with Crippen molar-refractivity contribution < 1.29 is 13.6 Å². The zero-order chi connectivity index (χ0) is 19.7. The van der Waals surface area contributed by atoms with E-state index in [1.54, 1.807) is 18.2 Å². The molecule has 4 aromatic rings. The second-order valence-corrected chi connectivity index (χ2v) is 7.95. The molecule has 28 heavy (non-hydrogen) atoms. The molecule has 0 aliphatic rings. The molecule has 7 heteroatoms. The fourth-order valence-electron chi connectivity index (χ4n) is 2.72. The summed E-state index contributed by atoms with van der Waals surface area (Å²) in [5, 5.41) is 4.79. The predicted molar refractivity (Wildman–Crippen MR) is 116 cm³/mol. The molecule has 0 bridgehead atoms. The summed E-state index contributed by atoms with van der Waals surface area (Å²) in [6.07, 6.45) is 1.45. The molecule has 2 heterocycles. The first-order valence-electron chi connectivity index (χ1n) is 8.38. The van der Waals surface area contributed by atoms with Gasteiger partial charge in [-0.3, -0.25) is 4.79 Å². The van der Waals surface area contributed by atoms with Crippen molar-refractivity contribution in [3.63, 3.8) is 0 Å². The van der Waals surface area contributed by atoms with Crippen LogP contribution >= 0.6 is 31.9 Å². The third-order valence-corrected chi connectivity index (χ3v) is 5.23. The van der Waals surface area contributed by atoms with Crippen LogP contribution in [0.1, 0.15) is 21.9 Å². The van der Waals surface area contributed by atoms with Gasteiger partial charge in [0, 0.05) is 19.9 Å². The molecule has 2 aromatic carbocycles. The summed E-state index contributed by atoms with van der Waals surface area (Å²) in [6.45, 7) is 2.03. The summed E-state index contributed by atoms with van der Waals surface area (Å²) >= 11 is 6.94. The molecule has 0 aliphatic heterocycles. The lowest BCUT2D eigenvalue weighted by atomic mass is 10.1. The Bertz CT molecular complexity index is 1210. The number of benzene rings is 2. The number of carbonyl (C=O) groups excluding carboxylic acids is 1. The van der Waals surface area contributed by atoms with Crippen LogP contribution in [0.15, 0.2) is 77.5 Å². The standard InChI is InChI=1S/C21H14Br2N2O3/c1-12-2-5-16(17(23)8-12)19-7-4-15(27-19)11-24-25-21(26)20-10-13-9-14(22)3-6-18(13)28-20/h2-11H,1H3,(H,25,26)/b24-11-. The largest absolute Gasteiger partial charge is 0.455 e. The highest BCUT2D eigenvalue weighted by Gasteiger charge is 2.12. The van der Waals surface area contributed by atoms with Gasteiger partial charge in [-0.2, -0.15) is 5.10 Å². The maximum atomic E-state index is 12.2. The molecule has 0 spiro atoms. The first-order chi connectivity index (χ1) is 13.5. The Morgan fingerprint density at radius 1 is 1.04 bits per heavy atom. The van der Waals surface area contributed by atoms with Gasteiger partial charge < -0.3 is 8.83 Å². The van der Waals surface area contributed by atoms with E-state index in [-0.39, 0.29) is 5.76 Å². The van der Waals surface area contributed by atoms with Crippen molar-refractivity contribution in [3.05, 3.63) is 80.6 Å². The van der Waals surface area contributed by atoms with E-state index in [1.165, 1.54) is 6.21 Å². The Balaban J connectivity index is 1.45. The number of fused-ring (bicyclic) bond motifs is 1. The first-order valence-corrected chi connectivity index (χ1v) is 9.97. The fourth-order valence-corrected chi connectivity index (χ4v) is 3.79. The third kappa shape index (κ3) is 3.95. The average molecular weight is 502 g/mol. The summed E-state index contributed by atoms with van der Waals surface area (Å²) in [5.41, 5.74) is 5.19. The number of hydrogen-bond acceptors (Lipinski definition) is 4. The van der Waals surface area contributed by atoms with Crippen LogP contribution in [0.25, 0.3) is 22.3 Å². The number of halogens is 2. The van der Waals surface area contributed by atoms with Gasteiger partial charge in [-0.1, -0.05) is 37.9 Å². The van der Waals surface area contributed by atoms with Crippen LogP contribution in [0.5, 0.6) is 0 Å². The number of carbonyl (C=O) groups is 1. The molecular weight excluding hydrogens is 488 g/mol. The van der Waals surface area contributed by atoms with E-state index in [4.69, 9.17) is 8.83 Å². The van der Waals surface area contributed by atoms with Gasteiger partial charge in [0.25, 0.3) is 0 Å². The van der Waals surface area contributed by atoms with Crippen molar-refractivity contribution in [2.24, 2.45) is 5.10 Å². The Kier molecular flexibility index (Phi) is 5.19. The summed E-state index contributed by atoms with van der Waals surface area (Å²) in [7, 11) is 0. The average Bonchev–Trinajstić information content (AvgIpc) is 3.28. The number of hydrogen-bond donors (Lipinski definition) is 1. The minimum atomic E-state index is -0.434. The van der Waals surface area contributed by atoms with Crippen LogP contribution in [0.2, 0.25) is 0 Å². The summed E-state index contributed by atoms with van der Waals surface area (Å²) in [4.78, 5) is 12.2. The zero-order valence-electron chi connectivity index (χ0n) is 14.7. The highest BCUT2D eigenvalue weighted by atomic mass is 79.9. The predicted octanol–water partition coefficient (Wildman–Crippen LogP) is 6.29. The molecule has 140 valence electrons. The quantitative estimate of drug-likeness (QED) is 0.264. The molecule has 0 saturated carbocycles. The molecular formula is C21H14Br2N2O3. The number of aryl methyl sites for hydroxylation is 1. The van der Waals surface area contributed by atoms with Gasteiger partial charge in [-0.05, 0) is 61.0 Å². The van der Waals surface area contributed by atoms with Crippen LogP contribution in [-0.2, 0) is 0 Å². The van der Waals surface area contributed by atoms with E-state index < -0.39 is 5.91 Å². The van der Waals surface area contributed by atoms with Gasteiger partial charge >= 0.3 is 5.91 Å². The number of hydrazone groups is 1. The lowest BCUT2D eigenvalue weighted by Crippen LogP contribution is -2.16. The van der Waals surface area contributed by atoms with E-state index in [9.17, 15) is 4.79 Å². The van der Waals surface area contributed by atoms with Gasteiger partial charge in [-0.15, -0.1) is 0 Å². The molecule has 0 fully saturated rings. The number of rotatable bonds is 4. The van der Waals surface area contributed by atoms with E-state index in [2.05, 4.69) is 42.4 Å². The lowest BCUT2D eigenvalue weighted by Gasteiger charge is -2.01. The van der Waals surface area contributed by atoms with Crippen LogP contribution in [0.3, 0.4) is 0 Å². The molecule has 0 atom stereocenters. The summed E-state index contributed by atoms with van der Waals surface area (Å²) < 4.78 is 13.2. The molecule has 4 rings (SSSR count). The van der Waals surface area contributed by atoms with Crippen LogP contribution < -0.4 is 5.43 Å². The van der Waals surface area contributed by atoms with Gasteiger partial charge in [0.1, 0.15) is 17.1 Å². The molecule has 5 nitrogen and oxygen atoms in total. The normalized spacial score (nSPS) is 11.4. The molecule has 2 aromatic heterocycles. The molecule has 0 unspecified atom stereocenters. The Morgan fingerprint density at radius 2 is 1.89 bits per heavy atom. The van der Waals surface area contributed by atoms with Crippen molar-refractivity contribution in [1.29, 1.82) is 0 Å². The SMILES string of the molecule is Cc1ccc(-c2ccc(/C=N\NC(=O)c3cc4cc(Br)ccc4o3)o2)c(Br)c1. The van der Waals surface area contributed by atoms with Crippen molar-refractivity contribution >= 4 is 55.0 Å². The second-order valence-electron chi connectivity index (χ2n) is 6.18. The molecule has 1 N–H and O–H groups in total. The minimum absolute atomic E-state index is 0.189. The maximum absolute atomic E-state index is 12.2. The monoisotopic (exact) mass is 500 g/mol. The minimum Gasteiger partial charge on any atom is -0.455 e. The highest BCUT2D eigenvalue weighted by Crippen LogP contribution is 2.30. The Morgan fingerprint density at radius 3 is 2.71 bits per heavy atom. The van der Waals surface area contributed by atoms with Crippen LogP contribution in [0, 0.1) is 6.92 Å².